The Morgan fingerprint density at radius 2 is 0.487 bits per heavy atom. The summed E-state index contributed by atoms with van der Waals surface area (Å²) in [6.45, 7) is 6.49. The first-order valence-electron chi connectivity index (χ1n) is 34.6. The molecule has 0 heterocycles. The van der Waals surface area contributed by atoms with Crippen LogP contribution in [-0.4, -0.2) is 37.2 Å². The molecule has 0 N–H and O–H groups in total. The molecule has 6 heteroatoms. The second-order valence-corrected chi connectivity index (χ2v) is 23.1. The highest BCUT2D eigenvalue weighted by molar-refractivity contribution is 5.71. The molecule has 0 radical (unpaired) electrons. The molecule has 0 spiro atoms. The van der Waals surface area contributed by atoms with Crippen LogP contribution in [-0.2, 0) is 28.6 Å². The molecule has 0 saturated carbocycles. The van der Waals surface area contributed by atoms with Gasteiger partial charge in [-0.15, -0.1) is 0 Å². The second kappa shape index (κ2) is 68.1. The number of unbranched alkanes of at least 4 members (excludes halogenated alkanes) is 38. The first kappa shape index (κ1) is 76.6. The maximum Gasteiger partial charge on any atom is 0.306 e. The molecule has 0 aromatic rings. The molecule has 6 nitrogen and oxygen atoms in total. The number of carbonyl (C=O) groups is 3. The van der Waals surface area contributed by atoms with Crippen molar-refractivity contribution in [3.05, 3.63) is 85.1 Å². The topological polar surface area (TPSA) is 78.9 Å². The highest BCUT2D eigenvalue weighted by Gasteiger charge is 2.19. The number of hydrogen-bond acceptors (Lipinski definition) is 6. The lowest BCUT2D eigenvalue weighted by Crippen LogP contribution is -2.30. The average molecular weight is 1120 g/mol. The van der Waals surface area contributed by atoms with Gasteiger partial charge in [0.15, 0.2) is 6.10 Å². The summed E-state index contributed by atoms with van der Waals surface area (Å²) in [6.07, 6.45) is 90.8. The lowest BCUT2D eigenvalue weighted by molar-refractivity contribution is -0.167. The van der Waals surface area contributed by atoms with E-state index in [0.717, 1.165) is 96.3 Å². The van der Waals surface area contributed by atoms with Crippen molar-refractivity contribution in [2.45, 2.75) is 354 Å². The van der Waals surface area contributed by atoms with E-state index in [-0.39, 0.29) is 31.1 Å². The van der Waals surface area contributed by atoms with Crippen LogP contribution in [0.1, 0.15) is 348 Å². The molecular weight excluding hydrogens is 985 g/mol. The predicted molar refractivity (Wildman–Crippen MR) is 348 cm³/mol. The van der Waals surface area contributed by atoms with E-state index in [4.69, 9.17) is 14.2 Å². The zero-order valence-electron chi connectivity index (χ0n) is 53.1. The van der Waals surface area contributed by atoms with E-state index >= 15 is 0 Å². The molecule has 0 aromatic carbocycles. The van der Waals surface area contributed by atoms with Crippen LogP contribution in [0.4, 0.5) is 0 Å². The van der Waals surface area contributed by atoms with Gasteiger partial charge in [-0.1, -0.05) is 318 Å². The third kappa shape index (κ3) is 65.4. The lowest BCUT2D eigenvalue weighted by atomic mass is 10.0. The fourth-order valence-corrected chi connectivity index (χ4v) is 9.97. The number of ether oxygens (including phenoxy) is 3. The summed E-state index contributed by atoms with van der Waals surface area (Å²) in [5.41, 5.74) is 0. The van der Waals surface area contributed by atoms with Crippen molar-refractivity contribution >= 4 is 17.9 Å². The molecule has 0 saturated heterocycles. The number of esters is 3. The van der Waals surface area contributed by atoms with Gasteiger partial charge in [0.1, 0.15) is 13.2 Å². The van der Waals surface area contributed by atoms with Crippen molar-refractivity contribution in [1.29, 1.82) is 0 Å². The van der Waals surface area contributed by atoms with Crippen LogP contribution in [0.15, 0.2) is 85.1 Å². The number of rotatable bonds is 63. The Hall–Kier alpha value is -3.41. The maximum absolute atomic E-state index is 12.9. The molecule has 1 atom stereocenters. The smallest absolute Gasteiger partial charge is 0.306 e. The first-order chi connectivity index (χ1) is 39.5. The molecule has 0 amide bonds. The van der Waals surface area contributed by atoms with Gasteiger partial charge >= 0.3 is 17.9 Å². The summed E-state index contributed by atoms with van der Waals surface area (Å²) < 4.78 is 16.8. The summed E-state index contributed by atoms with van der Waals surface area (Å²) in [6, 6.07) is 0. The van der Waals surface area contributed by atoms with Crippen molar-refractivity contribution in [3.63, 3.8) is 0 Å². The van der Waals surface area contributed by atoms with Crippen LogP contribution in [0.2, 0.25) is 0 Å². The van der Waals surface area contributed by atoms with E-state index in [0.29, 0.717) is 19.3 Å². The van der Waals surface area contributed by atoms with E-state index in [1.807, 2.05) is 0 Å². The van der Waals surface area contributed by atoms with Crippen molar-refractivity contribution in [1.82, 2.24) is 0 Å². The second-order valence-electron chi connectivity index (χ2n) is 23.1. The van der Waals surface area contributed by atoms with Crippen LogP contribution in [0.3, 0.4) is 0 Å². The van der Waals surface area contributed by atoms with Crippen LogP contribution >= 0.6 is 0 Å². The normalized spacial score (nSPS) is 12.6. The highest BCUT2D eigenvalue weighted by atomic mass is 16.6. The molecule has 1 unspecified atom stereocenters. The molecule has 462 valence electrons. The molecule has 0 aliphatic carbocycles. The van der Waals surface area contributed by atoms with E-state index in [1.54, 1.807) is 0 Å². The van der Waals surface area contributed by atoms with Gasteiger partial charge in [-0.05, 0) is 96.3 Å². The quantitative estimate of drug-likeness (QED) is 0.0261. The van der Waals surface area contributed by atoms with Crippen molar-refractivity contribution in [2.24, 2.45) is 0 Å². The number of allylic oxidation sites excluding steroid dienone is 14. The molecule has 0 aromatic heterocycles. The van der Waals surface area contributed by atoms with Crippen LogP contribution < -0.4 is 0 Å². The monoisotopic (exact) mass is 1110 g/mol. The number of hydrogen-bond donors (Lipinski definition) is 0. The third-order valence-electron chi connectivity index (χ3n) is 15.1. The summed E-state index contributed by atoms with van der Waals surface area (Å²) in [5.74, 6) is -0.874. The minimum Gasteiger partial charge on any atom is -0.462 e. The summed E-state index contributed by atoms with van der Waals surface area (Å²) in [7, 11) is 0. The van der Waals surface area contributed by atoms with Gasteiger partial charge in [0.2, 0.25) is 0 Å². The summed E-state index contributed by atoms with van der Waals surface area (Å²) >= 11 is 0. The third-order valence-corrected chi connectivity index (χ3v) is 15.1. The van der Waals surface area contributed by atoms with Crippen molar-refractivity contribution < 1.29 is 28.6 Å². The SMILES string of the molecule is CC/C=C\C/C=C\C/C=C\C/C=C\CCCCCCCCCCCCC(=O)OC(COC(=O)CCCCCCCC)COC(=O)CCCCCCCCCCCCCCCCCCCC/C=C\C/C=C\C/C=C\CCCCCCC. The van der Waals surface area contributed by atoms with Gasteiger partial charge in [-0.3, -0.25) is 14.4 Å². The fraction of sp³-hybridized carbons (Fsp3) is 0.770. The molecule has 0 aliphatic heterocycles. The number of carbonyl (C=O) groups excluding carboxylic acids is 3. The van der Waals surface area contributed by atoms with Gasteiger partial charge in [-0.25, -0.2) is 0 Å². The van der Waals surface area contributed by atoms with Crippen molar-refractivity contribution in [3.8, 4) is 0 Å². The Balaban J connectivity index is 3.99. The molecular formula is C74H130O6. The Morgan fingerprint density at radius 1 is 0.263 bits per heavy atom. The van der Waals surface area contributed by atoms with Gasteiger partial charge < -0.3 is 14.2 Å². The Bertz CT molecular complexity index is 1520. The van der Waals surface area contributed by atoms with E-state index in [2.05, 4.69) is 106 Å². The fourth-order valence-electron chi connectivity index (χ4n) is 9.97. The predicted octanol–water partition coefficient (Wildman–Crippen LogP) is 23.8. The lowest BCUT2D eigenvalue weighted by Gasteiger charge is -2.18. The van der Waals surface area contributed by atoms with Gasteiger partial charge in [-0.2, -0.15) is 0 Å². The average Bonchev–Trinajstić information content (AvgIpc) is 3.46. The van der Waals surface area contributed by atoms with Gasteiger partial charge in [0.05, 0.1) is 0 Å². The zero-order valence-corrected chi connectivity index (χ0v) is 53.1. The van der Waals surface area contributed by atoms with Gasteiger partial charge in [0.25, 0.3) is 0 Å². The molecule has 0 bridgehead atoms. The summed E-state index contributed by atoms with van der Waals surface area (Å²) in [4.78, 5) is 38.1. The Kier molecular flexibility index (Phi) is 65.2. The van der Waals surface area contributed by atoms with E-state index in [9.17, 15) is 14.4 Å². The van der Waals surface area contributed by atoms with Crippen LogP contribution in [0.5, 0.6) is 0 Å². The Morgan fingerprint density at radius 3 is 0.762 bits per heavy atom. The van der Waals surface area contributed by atoms with Crippen molar-refractivity contribution in [2.75, 3.05) is 13.2 Å². The molecule has 0 fully saturated rings. The Labute approximate surface area is 496 Å². The standard InChI is InChI=1S/C74H130O6/c1-4-7-10-13-16-18-20-22-24-26-28-30-32-33-34-35-36-37-38-39-40-41-43-44-46-48-50-52-54-56-58-61-64-67-73(76)79-70-71(69-78-72(75)66-63-60-15-12-9-6-3)80-74(77)68-65-62-59-57-55-53-51-49-47-45-42-31-29-27-25-23-21-19-17-14-11-8-5-2/h8,11,17,19-20,22-23,25-26,28-29,31-33,71H,4-7,9-10,12-16,18,21,24,27,30,34-70H2,1-3H3/b11-8-,19-17-,22-20-,25-23-,28-26-,31-29-,33-32-. The van der Waals surface area contributed by atoms with Crippen LogP contribution in [0.25, 0.3) is 0 Å². The molecule has 0 rings (SSSR count). The first-order valence-corrected chi connectivity index (χ1v) is 34.6. The maximum atomic E-state index is 12.9. The zero-order chi connectivity index (χ0) is 57.8. The highest BCUT2D eigenvalue weighted by Crippen LogP contribution is 2.17. The molecule has 0 aliphatic rings. The van der Waals surface area contributed by atoms with E-state index < -0.39 is 6.10 Å². The minimum atomic E-state index is -0.775. The van der Waals surface area contributed by atoms with E-state index in [1.165, 1.54) is 212 Å². The van der Waals surface area contributed by atoms with Crippen LogP contribution in [0, 0.1) is 0 Å². The largest absolute Gasteiger partial charge is 0.462 e. The minimum absolute atomic E-state index is 0.0745. The summed E-state index contributed by atoms with van der Waals surface area (Å²) in [5, 5.41) is 0. The van der Waals surface area contributed by atoms with Gasteiger partial charge in [0, 0.05) is 19.3 Å². The molecule has 80 heavy (non-hydrogen) atoms.